The van der Waals surface area contributed by atoms with Crippen molar-refractivity contribution in [1.82, 2.24) is 0 Å². The Morgan fingerprint density at radius 3 is 2.38 bits per heavy atom. The average Bonchev–Trinajstić information content (AvgIpc) is 2.02. The standard InChI is InChI=1S/C11H12O2/c1-4-5-13-11-8(2)6-10(12)7-9(11)3/h1,6-7,12H,5H2,2-3H3. The molecular weight excluding hydrogens is 164 g/mol. The van der Waals surface area contributed by atoms with E-state index in [0.29, 0.717) is 0 Å². The monoisotopic (exact) mass is 176 g/mol. The van der Waals surface area contributed by atoms with Gasteiger partial charge in [-0.2, -0.15) is 0 Å². The highest BCUT2D eigenvalue weighted by molar-refractivity contribution is 5.45. The van der Waals surface area contributed by atoms with E-state index in [9.17, 15) is 5.11 Å². The minimum absolute atomic E-state index is 0.253. The van der Waals surface area contributed by atoms with Crippen molar-refractivity contribution in [2.45, 2.75) is 13.8 Å². The molecule has 0 aliphatic rings. The van der Waals surface area contributed by atoms with Crippen LogP contribution in [0.2, 0.25) is 0 Å². The zero-order valence-corrected chi connectivity index (χ0v) is 7.79. The van der Waals surface area contributed by atoms with E-state index in [0.717, 1.165) is 16.9 Å². The maximum Gasteiger partial charge on any atom is 0.148 e. The fourth-order valence-corrected chi connectivity index (χ4v) is 1.27. The fraction of sp³-hybridized carbons (Fsp3) is 0.273. The lowest BCUT2D eigenvalue weighted by Crippen LogP contribution is -1.97. The van der Waals surface area contributed by atoms with Gasteiger partial charge in [-0.15, -0.1) is 6.42 Å². The van der Waals surface area contributed by atoms with Gasteiger partial charge in [-0.1, -0.05) is 5.92 Å². The van der Waals surface area contributed by atoms with E-state index in [-0.39, 0.29) is 12.4 Å². The Bertz CT molecular complexity index is 325. The van der Waals surface area contributed by atoms with Crippen LogP contribution in [0.25, 0.3) is 0 Å². The predicted octanol–water partition coefficient (Wildman–Crippen LogP) is 2.02. The summed E-state index contributed by atoms with van der Waals surface area (Å²) in [7, 11) is 0. The molecule has 0 heterocycles. The lowest BCUT2D eigenvalue weighted by molar-refractivity contribution is 0.363. The highest BCUT2D eigenvalue weighted by atomic mass is 16.5. The summed E-state index contributed by atoms with van der Waals surface area (Å²) in [5.41, 5.74) is 1.79. The quantitative estimate of drug-likeness (QED) is 0.698. The Morgan fingerprint density at radius 1 is 1.38 bits per heavy atom. The summed E-state index contributed by atoms with van der Waals surface area (Å²) in [6.45, 7) is 4.00. The van der Waals surface area contributed by atoms with Crippen molar-refractivity contribution < 1.29 is 9.84 Å². The minimum atomic E-state index is 0.253. The summed E-state index contributed by atoms with van der Waals surface area (Å²) in [5.74, 6) is 3.41. The van der Waals surface area contributed by atoms with Crippen LogP contribution in [-0.4, -0.2) is 11.7 Å². The second-order valence-corrected chi connectivity index (χ2v) is 2.90. The van der Waals surface area contributed by atoms with E-state index < -0.39 is 0 Å². The number of ether oxygens (including phenoxy) is 1. The summed E-state index contributed by atoms with van der Waals surface area (Å²) in [5, 5.41) is 9.25. The van der Waals surface area contributed by atoms with E-state index in [1.807, 2.05) is 13.8 Å². The zero-order chi connectivity index (χ0) is 9.84. The van der Waals surface area contributed by atoms with Crippen molar-refractivity contribution in [3.05, 3.63) is 23.3 Å². The number of phenolic OH excluding ortho intramolecular Hbond substituents is 1. The molecule has 0 atom stereocenters. The highest BCUT2D eigenvalue weighted by Crippen LogP contribution is 2.27. The lowest BCUT2D eigenvalue weighted by atomic mass is 10.1. The minimum Gasteiger partial charge on any atom is -0.508 e. The van der Waals surface area contributed by atoms with Crippen molar-refractivity contribution in [2.75, 3.05) is 6.61 Å². The average molecular weight is 176 g/mol. The molecule has 0 unspecified atom stereocenters. The van der Waals surface area contributed by atoms with E-state index in [1.165, 1.54) is 0 Å². The molecule has 0 aliphatic carbocycles. The molecule has 0 saturated carbocycles. The van der Waals surface area contributed by atoms with Gasteiger partial charge in [0.15, 0.2) is 0 Å². The largest absolute Gasteiger partial charge is 0.508 e. The van der Waals surface area contributed by atoms with Crippen LogP contribution in [0, 0.1) is 26.2 Å². The first kappa shape index (κ1) is 9.47. The van der Waals surface area contributed by atoms with Gasteiger partial charge in [-0.05, 0) is 37.1 Å². The third kappa shape index (κ3) is 2.16. The predicted molar refractivity (Wildman–Crippen MR) is 51.9 cm³/mol. The van der Waals surface area contributed by atoms with Crippen LogP contribution in [0.5, 0.6) is 11.5 Å². The van der Waals surface area contributed by atoms with Crippen LogP contribution < -0.4 is 4.74 Å². The molecule has 0 bridgehead atoms. The van der Waals surface area contributed by atoms with E-state index in [4.69, 9.17) is 11.2 Å². The first-order valence-corrected chi connectivity index (χ1v) is 4.01. The van der Waals surface area contributed by atoms with E-state index in [2.05, 4.69) is 5.92 Å². The normalized spacial score (nSPS) is 9.31. The van der Waals surface area contributed by atoms with Crippen molar-refractivity contribution in [1.29, 1.82) is 0 Å². The van der Waals surface area contributed by atoms with Crippen LogP contribution in [0.3, 0.4) is 0 Å². The van der Waals surface area contributed by atoms with Crippen LogP contribution in [-0.2, 0) is 0 Å². The molecule has 0 spiro atoms. The molecule has 0 saturated heterocycles. The Morgan fingerprint density at radius 2 is 1.92 bits per heavy atom. The summed E-state index contributed by atoms with van der Waals surface area (Å²) in [4.78, 5) is 0. The molecule has 68 valence electrons. The third-order valence-corrected chi connectivity index (χ3v) is 1.74. The Labute approximate surface area is 78.2 Å². The summed E-state index contributed by atoms with van der Waals surface area (Å²) in [6, 6.07) is 3.30. The molecule has 1 rings (SSSR count). The third-order valence-electron chi connectivity index (χ3n) is 1.74. The second-order valence-electron chi connectivity index (χ2n) is 2.90. The van der Waals surface area contributed by atoms with Gasteiger partial charge >= 0.3 is 0 Å². The summed E-state index contributed by atoms with van der Waals surface area (Å²) < 4.78 is 5.32. The molecule has 1 N–H and O–H groups in total. The molecule has 0 aliphatic heterocycles. The maximum atomic E-state index is 9.25. The van der Waals surface area contributed by atoms with Gasteiger partial charge in [-0.25, -0.2) is 0 Å². The molecule has 13 heavy (non-hydrogen) atoms. The van der Waals surface area contributed by atoms with Gasteiger partial charge in [0.25, 0.3) is 0 Å². The fourth-order valence-electron chi connectivity index (χ4n) is 1.27. The van der Waals surface area contributed by atoms with Crippen LogP contribution in [0.15, 0.2) is 12.1 Å². The van der Waals surface area contributed by atoms with Gasteiger partial charge < -0.3 is 9.84 Å². The van der Waals surface area contributed by atoms with Gasteiger partial charge in [0.1, 0.15) is 18.1 Å². The zero-order valence-electron chi connectivity index (χ0n) is 7.79. The maximum absolute atomic E-state index is 9.25. The second kappa shape index (κ2) is 3.86. The molecular formula is C11H12O2. The number of benzene rings is 1. The number of terminal acetylenes is 1. The number of hydrogen-bond acceptors (Lipinski definition) is 2. The molecule has 0 radical (unpaired) electrons. The van der Waals surface area contributed by atoms with Crippen molar-refractivity contribution in [3.8, 4) is 23.8 Å². The van der Waals surface area contributed by atoms with Gasteiger partial charge in [0, 0.05) is 0 Å². The van der Waals surface area contributed by atoms with Gasteiger partial charge in [-0.3, -0.25) is 0 Å². The number of hydrogen-bond donors (Lipinski definition) is 1. The van der Waals surface area contributed by atoms with Gasteiger partial charge in [0.05, 0.1) is 0 Å². The van der Waals surface area contributed by atoms with Gasteiger partial charge in [0.2, 0.25) is 0 Å². The highest BCUT2D eigenvalue weighted by Gasteiger charge is 2.04. The Hall–Kier alpha value is -1.62. The van der Waals surface area contributed by atoms with Crippen LogP contribution >= 0.6 is 0 Å². The van der Waals surface area contributed by atoms with E-state index in [1.54, 1.807) is 12.1 Å². The van der Waals surface area contributed by atoms with E-state index >= 15 is 0 Å². The summed E-state index contributed by atoms with van der Waals surface area (Å²) >= 11 is 0. The SMILES string of the molecule is C#CCOc1c(C)cc(O)cc1C. The van der Waals surface area contributed by atoms with Crippen molar-refractivity contribution in [2.24, 2.45) is 0 Å². The molecule has 0 amide bonds. The number of phenols is 1. The first-order valence-electron chi connectivity index (χ1n) is 4.01. The van der Waals surface area contributed by atoms with Crippen LogP contribution in [0.1, 0.15) is 11.1 Å². The molecule has 1 aromatic rings. The first-order chi connectivity index (χ1) is 6.15. The Kier molecular flexibility index (Phi) is 2.81. The Balaban J connectivity index is 3.00. The number of aryl methyl sites for hydroxylation is 2. The van der Waals surface area contributed by atoms with Crippen LogP contribution in [0.4, 0.5) is 0 Å². The van der Waals surface area contributed by atoms with Crippen molar-refractivity contribution >= 4 is 0 Å². The smallest absolute Gasteiger partial charge is 0.148 e. The molecule has 2 heteroatoms. The van der Waals surface area contributed by atoms with Crippen molar-refractivity contribution in [3.63, 3.8) is 0 Å². The number of aromatic hydroxyl groups is 1. The number of rotatable bonds is 2. The molecule has 2 nitrogen and oxygen atoms in total. The summed E-state index contributed by atoms with van der Waals surface area (Å²) in [6.07, 6.45) is 5.08. The lowest BCUT2D eigenvalue weighted by Gasteiger charge is -2.09. The molecule has 1 aromatic carbocycles. The molecule has 0 fully saturated rings. The molecule has 0 aromatic heterocycles. The topological polar surface area (TPSA) is 29.5 Å².